The Bertz CT molecular complexity index is 855. The van der Waals surface area contributed by atoms with Crippen LogP contribution in [0.15, 0.2) is 29.3 Å². The van der Waals surface area contributed by atoms with E-state index in [1.807, 2.05) is 0 Å². The highest BCUT2D eigenvalue weighted by molar-refractivity contribution is 8.16. The Morgan fingerprint density at radius 1 is 1.38 bits per heavy atom. The molecule has 1 aromatic carbocycles. The van der Waals surface area contributed by atoms with Crippen molar-refractivity contribution in [2.75, 3.05) is 30.1 Å². The lowest BCUT2D eigenvalue weighted by Crippen LogP contribution is -2.38. The number of nitrogens with zero attached hydrogens (tertiary/aromatic N) is 2. The van der Waals surface area contributed by atoms with Crippen LogP contribution in [0.25, 0.3) is 0 Å². The first-order chi connectivity index (χ1) is 12.1. The third kappa shape index (κ3) is 3.89. The minimum Gasteiger partial charge on any atom is -0.375 e. The number of hydrogen-bond acceptors (Lipinski definition) is 5. The number of anilines is 1. The number of carbonyl (C=O) groups excluding carboxylic acids is 1. The summed E-state index contributed by atoms with van der Waals surface area (Å²) in [6, 6.07) is 3.99. The van der Waals surface area contributed by atoms with Gasteiger partial charge >= 0.3 is 6.18 Å². The van der Waals surface area contributed by atoms with E-state index < -0.39 is 33.5 Å². The van der Waals surface area contributed by atoms with Gasteiger partial charge in [-0.15, -0.1) is 0 Å². The molecule has 2 aliphatic rings. The summed E-state index contributed by atoms with van der Waals surface area (Å²) in [6.45, 7) is -0.270. The van der Waals surface area contributed by atoms with Crippen molar-refractivity contribution in [3.63, 3.8) is 0 Å². The molecule has 142 valence electrons. The van der Waals surface area contributed by atoms with Crippen molar-refractivity contribution < 1.29 is 31.1 Å². The van der Waals surface area contributed by atoms with Crippen LogP contribution in [-0.2, 0) is 25.5 Å². The van der Waals surface area contributed by atoms with Crippen LogP contribution >= 0.6 is 11.8 Å². The number of hydrogen-bond donors (Lipinski definition) is 0. The summed E-state index contributed by atoms with van der Waals surface area (Å²) in [5.74, 6) is -0.886. The first-order valence-electron chi connectivity index (χ1n) is 7.55. The Morgan fingerprint density at radius 2 is 2.12 bits per heavy atom. The highest BCUT2D eigenvalue weighted by Gasteiger charge is 2.49. The number of ether oxygens (including phenoxy) is 1. The van der Waals surface area contributed by atoms with Gasteiger partial charge in [-0.3, -0.25) is 4.79 Å². The Morgan fingerprint density at radius 3 is 2.77 bits per heavy atom. The maximum atomic E-state index is 13.0. The Kier molecular flexibility index (Phi) is 5.06. The molecule has 2 heterocycles. The summed E-state index contributed by atoms with van der Waals surface area (Å²) in [4.78, 5) is 17.1. The number of methoxy groups -OCH3 is 1. The molecule has 2 atom stereocenters. The van der Waals surface area contributed by atoms with Crippen molar-refractivity contribution in [2.24, 2.45) is 4.99 Å². The summed E-state index contributed by atoms with van der Waals surface area (Å²) >= 11 is 1.09. The van der Waals surface area contributed by atoms with E-state index in [0.717, 1.165) is 23.9 Å². The maximum absolute atomic E-state index is 13.0. The van der Waals surface area contributed by atoms with Gasteiger partial charge in [0.05, 0.1) is 23.1 Å². The normalized spacial score (nSPS) is 26.3. The Balaban J connectivity index is 2.02. The molecule has 11 heteroatoms. The second-order valence-electron chi connectivity index (χ2n) is 5.94. The van der Waals surface area contributed by atoms with Crippen molar-refractivity contribution in [2.45, 2.75) is 17.5 Å². The summed E-state index contributed by atoms with van der Waals surface area (Å²) < 4.78 is 67.7. The topological polar surface area (TPSA) is 76.0 Å². The van der Waals surface area contributed by atoms with Gasteiger partial charge in [-0.1, -0.05) is 17.8 Å². The molecule has 26 heavy (non-hydrogen) atoms. The molecular weight excluding hydrogens is 393 g/mol. The van der Waals surface area contributed by atoms with Crippen molar-refractivity contribution >= 4 is 38.4 Å². The van der Waals surface area contributed by atoms with E-state index in [1.54, 1.807) is 0 Å². The van der Waals surface area contributed by atoms with Gasteiger partial charge in [0.25, 0.3) is 5.91 Å². The van der Waals surface area contributed by atoms with Crippen molar-refractivity contribution in [1.82, 2.24) is 0 Å². The number of aliphatic imine (C=N–C) groups is 1. The number of fused-ring (bicyclic) bond motifs is 1. The smallest absolute Gasteiger partial charge is 0.375 e. The molecule has 1 amide bonds. The third-order valence-electron chi connectivity index (χ3n) is 4.01. The van der Waals surface area contributed by atoms with E-state index in [2.05, 4.69) is 4.99 Å². The molecule has 0 bridgehead atoms. The fraction of sp³-hybridized carbons (Fsp3) is 0.467. The van der Waals surface area contributed by atoms with Crippen LogP contribution in [-0.4, -0.2) is 56.0 Å². The lowest BCUT2D eigenvalue weighted by Gasteiger charge is -2.25. The standard InChI is InChI=1S/C15H15F3N2O4S2/c1-24-6-13(21)19-14-20(11-7-26(22,23)8-12(11)25-14)10-4-2-3-9(5-10)15(16,17)18/h2-5,11-12H,6-8H2,1H3. The number of halogens is 3. The number of amidine groups is 1. The fourth-order valence-electron chi connectivity index (χ4n) is 2.96. The zero-order chi connectivity index (χ0) is 19.1. The van der Waals surface area contributed by atoms with Crippen LogP contribution in [0.3, 0.4) is 0 Å². The van der Waals surface area contributed by atoms with E-state index >= 15 is 0 Å². The van der Waals surface area contributed by atoms with Gasteiger partial charge in [0.1, 0.15) is 6.61 Å². The molecule has 0 radical (unpaired) electrons. The molecule has 0 aliphatic carbocycles. The van der Waals surface area contributed by atoms with Crippen molar-refractivity contribution in [3.05, 3.63) is 29.8 Å². The van der Waals surface area contributed by atoms with E-state index in [4.69, 9.17) is 4.74 Å². The Labute approximate surface area is 152 Å². The molecule has 1 aromatic rings. The molecule has 2 fully saturated rings. The minimum absolute atomic E-state index is 0.102. The average Bonchev–Trinajstić information content (AvgIpc) is 2.97. The first-order valence-corrected chi connectivity index (χ1v) is 10.2. The van der Waals surface area contributed by atoms with E-state index in [0.29, 0.717) is 0 Å². The van der Waals surface area contributed by atoms with Crippen LogP contribution in [0.2, 0.25) is 0 Å². The lowest BCUT2D eigenvalue weighted by atomic mass is 10.1. The second kappa shape index (κ2) is 6.86. The van der Waals surface area contributed by atoms with Crippen LogP contribution in [0.4, 0.5) is 18.9 Å². The average molecular weight is 408 g/mol. The monoisotopic (exact) mass is 408 g/mol. The largest absolute Gasteiger partial charge is 0.416 e. The number of sulfone groups is 1. The predicted octanol–water partition coefficient (Wildman–Crippen LogP) is 1.95. The molecule has 2 saturated heterocycles. The quantitative estimate of drug-likeness (QED) is 0.761. The summed E-state index contributed by atoms with van der Waals surface area (Å²) in [7, 11) is -1.97. The number of carbonyl (C=O) groups is 1. The van der Waals surface area contributed by atoms with Crippen LogP contribution in [0.5, 0.6) is 0 Å². The van der Waals surface area contributed by atoms with E-state index in [9.17, 15) is 26.4 Å². The molecule has 0 spiro atoms. The van der Waals surface area contributed by atoms with Crippen LogP contribution in [0, 0.1) is 0 Å². The Hall–Kier alpha value is -1.59. The highest BCUT2D eigenvalue weighted by atomic mass is 32.2. The van der Waals surface area contributed by atoms with Crippen molar-refractivity contribution in [3.8, 4) is 0 Å². The van der Waals surface area contributed by atoms with Gasteiger partial charge in [0.15, 0.2) is 15.0 Å². The SMILES string of the molecule is COCC(=O)N=C1SC2CS(=O)(=O)CC2N1c1cccc(C(F)(F)F)c1. The number of benzene rings is 1. The van der Waals surface area contributed by atoms with Gasteiger partial charge in [0.2, 0.25) is 0 Å². The van der Waals surface area contributed by atoms with E-state index in [-0.39, 0.29) is 34.2 Å². The summed E-state index contributed by atoms with van der Waals surface area (Å²) in [6.07, 6.45) is -4.53. The maximum Gasteiger partial charge on any atom is 0.416 e. The molecular formula is C15H15F3N2O4S2. The summed E-state index contributed by atoms with van der Waals surface area (Å²) in [5, 5.41) is -0.195. The molecule has 0 saturated carbocycles. The van der Waals surface area contributed by atoms with Gasteiger partial charge in [-0.05, 0) is 18.2 Å². The van der Waals surface area contributed by atoms with Crippen LogP contribution < -0.4 is 4.90 Å². The molecule has 2 unspecified atom stereocenters. The van der Waals surface area contributed by atoms with E-state index in [1.165, 1.54) is 24.1 Å². The number of amides is 1. The zero-order valence-corrected chi connectivity index (χ0v) is 15.2. The number of alkyl halides is 3. The summed E-state index contributed by atoms with van der Waals surface area (Å²) in [5.41, 5.74) is -0.701. The zero-order valence-electron chi connectivity index (χ0n) is 13.6. The minimum atomic E-state index is -4.53. The lowest BCUT2D eigenvalue weighted by molar-refractivity contribution is -0.137. The molecule has 6 nitrogen and oxygen atoms in total. The van der Waals surface area contributed by atoms with Gasteiger partial charge in [-0.25, -0.2) is 8.42 Å². The molecule has 0 N–H and O–H groups in total. The molecule has 0 aromatic heterocycles. The van der Waals surface area contributed by atoms with Gasteiger partial charge < -0.3 is 9.64 Å². The predicted molar refractivity (Wildman–Crippen MR) is 92.1 cm³/mol. The third-order valence-corrected chi connectivity index (χ3v) is 7.22. The van der Waals surface area contributed by atoms with Gasteiger partial charge in [-0.2, -0.15) is 18.2 Å². The first kappa shape index (κ1) is 19.2. The fourth-order valence-corrected chi connectivity index (χ4v) is 6.89. The molecule has 2 aliphatic heterocycles. The number of rotatable bonds is 3. The van der Waals surface area contributed by atoms with Crippen LogP contribution in [0.1, 0.15) is 5.56 Å². The number of thioether (sulfide) groups is 1. The highest BCUT2D eigenvalue weighted by Crippen LogP contribution is 2.42. The van der Waals surface area contributed by atoms with Crippen molar-refractivity contribution in [1.29, 1.82) is 0 Å². The molecule has 3 rings (SSSR count). The second-order valence-corrected chi connectivity index (χ2v) is 9.30. The van der Waals surface area contributed by atoms with Gasteiger partial charge in [0, 0.05) is 18.0 Å².